The minimum absolute atomic E-state index is 0.133. The second kappa shape index (κ2) is 9.14. The standard InChI is InChI=1S/C23H31BrN8O3/c1-23(2,3)35-22(34)31-12-13(7-8-16(31)21(33)29(4)5)18-17(24)19(25)32-20(28-18)15(10-27-32)14-9-26-30(6)11-14/h9-11,13,16H,7-8,12,25H2,1-6H3/t13-,16-/m0/s1. The first-order chi connectivity index (χ1) is 16.4. The number of ether oxygens (including phenoxy) is 1. The highest BCUT2D eigenvalue weighted by molar-refractivity contribution is 9.10. The van der Waals surface area contributed by atoms with E-state index >= 15 is 0 Å². The number of hydrogen-bond donors (Lipinski definition) is 1. The molecule has 2 N–H and O–H groups in total. The van der Waals surface area contributed by atoms with Crippen LogP contribution in [0.15, 0.2) is 23.1 Å². The summed E-state index contributed by atoms with van der Waals surface area (Å²) in [5.74, 6) is 0.119. The molecule has 11 nitrogen and oxygen atoms in total. The van der Waals surface area contributed by atoms with Crippen LogP contribution in [0.1, 0.15) is 45.2 Å². The van der Waals surface area contributed by atoms with Crippen molar-refractivity contribution in [1.29, 1.82) is 0 Å². The summed E-state index contributed by atoms with van der Waals surface area (Å²) in [6, 6.07) is -0.600. The van der Waals surface area contributed by atoms with Crippen molar-refractivity contribution in [2.24, 2.45) is 7.05 Å². The number of aromatic nitrogens is 5. The molecule has 1 saturated heterocycles. The van der Waals surface area contributed by atoms with Crippen molar-refractivity contribution in [3.8, 4) is 11.1 Å². The van der Waals surface area contributed by atoms with E-state index in [1.165, 1.54) is 9.80 Å². The molecule has 1 fully saturated rings. The van der Waals surface area contributed by atoms with Crippen LogP contribution in [-0.2, 0) is 16.6 Å². The number of piperidine rings is 1. The molecule has 3 aromatic rings. The number of carbonyl (C=O) groups excluding carboxylic acids is 2. The highest BCUT2D eigenvalue weighted by Crippen LogP contribution is 2.38. The van der Waals surface area contributed by atoms with Crippen LogP contribution in [-0.4, -0.2) is 78.5 Å². The van der Waals surface area contributed by atoms with Gasteiger partial charge in [0.05, 0.1) is 22.6 Å². The number of fused-ring (bicyclic) bond motifs is 1. The predicted molar refractivity (Wildman–Crippen MR) is 135 cm³/mol. The van der Waals surface area contributed by atoms with Crippen LogP contribution in [0.2, 0.25) is 0 Å². The fraction of sp³-hybridized carbons (Fsp3) is 0.522. The van der Waals surface area contributed by atoms with E-state index in [1.54, 1.807) is 35.7 Å². The lowest BCUT2D eigenvalue weighted by atomic mass is 9.89. The predicted octanol–water partition coefficient (Wildman–Crippen LogP) is 3.05. The quantitative estimate of drug-likeness (QED) is 0.535. The molecule has 0 radical (unpaired) electrons. The summed E-state index contributed by atoms with van der Waals surface area (Å²) in [6.07, 6.45) is 5.97. The second-order valence-electron chi connectivity index (χ2n) is 10.0. The van der Waals surface area contributed by atoms with Crippen molar-refractivity contribution in [2.45, 2.75) is 51.2 Å². The summed E-state index contributed by atoms with van der Waals surface area (Å²) in [5.41, 5.74) is 8.75. The van der Waals surface area contributed by atoms with Crippen molar-refractivity contribution in [1.82, 2.24) is 34.2 Å². The topological polar surface area (TPSA) is 124 Å². The van der Waals surface area contributed by atoms with E-state index in [1.807, 2.05) is 34.0 Å². The van der Waals surface area contributed by atoms with Gasteiger partial charge in [0, 0.05) is 50.9 Å². The minimum Gasteiger partial charge on any atom is -0.444 e. The number of nitrogens with zero attached hydrogens (tertiary/aromatic N) is 7. The molecule has 3 aromatic heterocycles. The Labute approximate surface area is 212 Å². The molecule has 0 bridgehead atoms. The number of hydrogen-bond acceptors (Lipinski definition) is 7. The van der Waals surface area contributed by atoms with E-state index in [0.717, 1.165) is 11.1 Å². The Hall–Kier alpha value is -3.15. The molecule has 12 heteroatoms. The smallest absolute Gasteiger partial charge is 0.410 e. The molecule has 1 aliphatic heterocycles. The second-order valence-corrected chi connectivity index (χ2v) is 10.8. The van der Waals surface area contributed by atoms with Gasteiger partial charge in [0.1, 0.15) is 17.5 Å². The number of carbonyl (C=O) groups is 2. The van der Waals surface area contributed by atoms with Crippen molar-refractivity contribution in [3.63, 3.8) is 0 Å². The Morgan fingerprint density at radius 1 is 1.20 bits per heavy atom. The van der Waals surface area contributed by atoms with Gasteiger partial charge >= 0.3 is 6.09 Å². The molecule has 2 atom stereocenters. The maximum atomic E-state index is 13.1. The molecule has 188 valence electrons. The van der Waals surface area contributed by atoms with Gasteiger partial charge in [-0.15, -0.1) is 0 Å². The van der Waals surface area contributed by atoms with Gasteiger partial charge < -0.3 is 15.4 Å². The fourth-order valence-corrected chi connectivity index (χ4v) is 4.90. The van der Waals surface area contributed by atoms with Crippen LogP contribution in [0.3, 0.4) is 0 Å². The molecule has 0 aliphatic carbocycles. The summed E-state index contributed by atoms with van der Waals surface area (Å²) in [7, 11) is 5.22. The number of rotatable bonds is 3. The zero-order valence-corrected chi connectivity index (χ0v) is 22.4. The van der Waals surface area contributed by atoms with Crippen LogP contribution >= 0.6 is 15.9 Å². The Balaban J connectivity index is 1.74. The van der Waals surface area contributed by atoms with Gasteiger partial charge in [-0.1, -0.05) is 0 Å². The average Bonchev–Trinajstić information content (AvgIpc) is 3.40. The third-order valence-electron chi connectivity index (χ3n) is 5.99. The number of anilines is 1. The van der Waals surface area contributed by atoms with Crippen LogP contribution in [0.5, 0.6) is 0 Å². The Morgan fingerprint density at radius 3 is 2.51 bits per heavy atom. The first kappa shape index (κ1) is 25.0. The monoisotopic (exact) mass is 546 g/mol. The van der Waals surface area contributed by atoms with Gasteiger partial charge in [-0.05, 0) is 49.5 Å². The number of likely N-dealkylation sites (tertiary alicyclic amines) is 1. The Bertz CT molecular complexity index is 1280. The van der Waals surface area contributed by atoms with Gasteiger partial charge in [-0.2, -0.15) is 14.7 Å². The highest BCUT2D eigenvalue weighted by atomic mass is 79.9. The van der Waals surface area contributed by atoms with Crippen molar-refractivity contribution >= 4 is 39.4 Å². The third kappa shape index (κ3) is 4.84. The van der Waals surface area contributed by atoms with Crippen molar-refractivity contribution in [2.75, 3.05) is 26.4 Å². The number of likely N-dealkylation sites (N-methyl/N-ethyl adjacent to an activating group) is 1. The van der Waals surface area contributed by atoms with E-state index in [2.05, 4.69) is 26.1 Å². The van der Waals surface area contributed by atoms with Crippen LogP contribution in [0, 0.1) is 0 Å². The van der Waals surface area contributed by atoms with Crippen LogP contribution in [0.25, 0.3) is 16.8 Å². The molecule has 0 aromatic carbocycles. The lowest BCUT2D eigenvalue weighted by Gasteiger charge is -2.40. The van der Waals surface area contributed by atoms with Crippen molar-refractivity contribution < 1.29 is 14.3 Å². The zero-order valence-electron chi connectivity index (χ0n) is 20.8. The largest absolute Gasteiger partial charge is 0.444 e. The molecule has 4 heterocycles. The van der Waals surface area contributed by atoms with Gasteiger partial charge in [-0.25, -0.2) is 9.78 Å². The number of amides is 2. The maximum Gasteiger partial charge on any atom is 0.410 e. The summed E-state index contributed by atoms with van der Waals surface area (Å²) in [4.78, 5) is 34.0. The molecule has 2 amide bonds. The highest BCUT2D eigenvalue weighted by Gasteiger charge is 2.40. The van der Waals surface area contributed by atoms with E-state index in [4.69, 9.17) is 15.5 Å². The minimum atomic E-state index is -0.686. The van der Waals surface area contributed by atoms with E-state index in [0.29, 0.717) is 34.5 Å². The van der Waals surface area contributed by atoms with Crippen molar-refractivity contribution in [3.05, 3.63) is 28.8 Å². The molecule has 0 unspecified atom stereocenters. The fourth-order valence-electron chi connectivity index (χ4n) is 4.32. The van der Waals surface area contributed by atoms with E-state index in [-0.39, 0.29) is 18.4 Å². The molecule has 4 rings (SSSR count). The maximum absolute atomic E-state index is 13.1. The number of nitrogen functional groups attached to an aromatic ring is 1. The summed E-state index contributed by atoms with van der Waals surface area (Å²) in [5, 5.41) is 8.66. The molecule has 0 spiro atoms. The SMILES string of the molecule is CN(C)C(=O)[C@@H]1CC[C@H](c2nc3c(-c4cnn(C)c4)cnn3c(N)c2Br)CN1C(=O)OC(C)(C)C. The number of nitrogens with two attached hydrogens (primary N) is 1. The van der Waals surface area contributed by atoms with Crippen LogP contribution in [0.4, 0.5) is 10.6 Å². The first-order valence-electron chi connectivity index (χ1n) is 11.4. The molecule has 0 saturated carbocycles. The van der Waals surface area contributed by atoms with Gasteiger partial charge in [-0.3, -0.25) is 14.4 Å². The lowest BCUT2D eigenvalue weighted by Crippen LogP contribution is -2.54. The Morgan fingerprint density at radius 2 is 1.91 bits per heavy atom. The molecule has 1 aliphatic rings. The first-order valence-corrected chi connectivity index (χ1v) is 12.2. The molecular formula is C23H31BrN8O3. The molecule has 35 heavy (non-hydrogen) atoms. The third-order valence-corrected chi connectivity index (χ3v) is 6.80. The molecular weight excluding hydrogens is 516 g/mol. The average molecular weight is 547 g/mol. The zero-order chi connectivity index (χ0) is 25.7. The van der Waals surface area contributed by atoms with E-state index in [9.17, 15) is 9.59 Å². The summed E-state index contributed by atoms with van der Waals surface area (Å²) < 4.78 is 9.57. The summed E-state index contributed by atoms with van der Waals surface area (Å²) in [6.45, 7) is 5.70. The Kier molecular flexibility index (Phi) is 6.52. The van der Waals surface area contributed by atoms with Gasteiger partial charge in [0.2, 0.25) is 5.91 Å². The number of halogens is 1. The number of aryl methyl sites for hydroxylation is 1. The van der Waals surface area contributed by atoms with Crippen LogP contribution < -0.4 is 5.73 Å². The normalized spacial score (nSPS) is 18.7. The van der Waals surface area contributed by atoms with Gasteiger partial charge in [0.25, 0.3) is 0 Å². The lowest BCUT2D eigenvalue weighted by molar-refractivity contribution is -0.135. The van der Waals surface area contributed by atoms with Gasteiger partial charge in [0.15, 0.2) is 5.65 Å². The van der Waals surface area contributed by atoms with E-state index < -0.39 is 17.7 Å². The summed E-state index contributed by atoms with van der Waals surface area (Å²) >= 11 is 3.60.